The Bertz CT molecular complexity index is 847. The molecule has 0 unspecified atom stereocenters. The fraction of sp³-hybridized carbons (Fsp3) is 0.167. The second-order valence-electron chi connectivity index (χ2n) is 5.39. The lowest BCUT2D eigenvalue weighted by Crippen LogP contribution is -2.42. The number of Topliss-reactive ketones (excluding diaryl/α,β-unsaturated/α-hetero) is 1. The minimum absolute atomic E-state index is 0.0227. The predicted octanol–water partition coefficient (Wildman–Crippen LogP) is 4.04. The molecule has 142 valence electrons. The number of ketones is 1. The van der Waals surface area contributed by atoms with Crippen LogP contribution in [0, 0.1) is 5.82 Å². The van der Waals surface area contributed by atoms with E-state index in [1.807, 2.05) is 0 Å². The highest BCUT2D eigenvalue weighted by atomic mass is 35.5. The largest absolute Gasteiger partial charge is 0.294 e. The van der Waals surface area contributed by atoms with Crippen molar-refractivity contribution in [2.45, 2.75) is 17.7 Å². The lowest BCUT2D eigenvalue weighted by atomic mass is 10.1. The summed E-state index contributed by atoms with van der Waals surface area (Å²) in [7, 11) is 0. The molecule has 2 amide bonds. The topological polar surface area (TPSA) is 75.3 Å². The zero-order valence-corrected chi connectivity index (χ0v) is 16.3. The van der Waals surface area contributed by atoms with Gasteiger partial charge in [-0.1, -0.05) is 23.2 Å². The van der Waals surface area contributed by atoms with Crippen LogP contribution in [0.4, 0.5) is 4.39 Å². The Morgan fingerprint density at radius 2 is 1.59 bits per heavy atom. The number of carbonyl (C=O) groups is 3. The number of hydrogen-bond acceptors (Lipinski definition) is 4. The van der Waals surface area contributed by atoms with Crippen molar-refractivity contribution in [3.8, 4) is 0 Å². The number of carbonyl (C=O) groups excluding carboxylic acids is 3. The SMILES string of the molecule is O=C(CCC(=O)c1ccc(F)cc1)NNC(=O)CSc1cc(Cl)ccc1Cl. The van der Waals surface area contributed by atoms with Crippen molar-refractivity contribution in [2.24, 2.45) is 0 Å². The van der Waals surface area contributed by atoms with Crippen molar-refractivity contribution in [2.75, 3.05) is 5.75 Å². The molecule has 0 aromatic heterocycles. The molecule has 2 aromatic rings. The van der Waals surface area contributed by atoms with E-state index in [0.29, 0.717) is 20.5 Å². The fourth-order valence-electron chi connectivity index (χ4n) is 1.98. The van der Waals surface area contributed by atoms with Crippen LogP contribution in [-0.4, -0.2) is 23.4 Å². The molecule has 5 nitrogen and oxygen atoms in total. The third kappa shape index (κ3) is 7.21. The second-order valence-corrected chi connectivity index (χ2v) is 7.25. The van der Waals surface area contributed by atoms with Gasteiger partial charge < -0.3 is 0 Å². The van der Waals surface area contributed by atoms with Gasteiger partial charge in [0.15, 0.2) is 5.78 Å². The standard InChI is InChI=1S/C18H15Cl2FN2O3S/c19-12-3-6-14(20)16(9-12)27-10-18(26)23-22-17(25)8-7-15(24)11-1-4-13(21)5-2-11/h1-6,9H,7-8,10H2,(H,22,25)(H,23,26). The van der Waals surface area contributed by atoms with Gasteiger partial charge in [0.2, 0.25) is 11.8 Å². The molecule has 0 aliphatic carbocycles. The minimum atomic E-state index is -0.510. The molecule has 2 aromatic carbocycles. The molecular formula is C18H15Cl2FN2O3S. The summed E-state index contributed by atoms with van der Waals surface area (Å²) < 4.78 is 12.8. The van der Waals surface area contributed by atoms with Crippen LogP contribution in [0.3, 0.4) is 0 Å². The summed E-state index contributed by atoms with van der Waals surface area (Å²) in [5.74, 6) is -1.65. The van der Waals surface area contributed by atoms with Crippen LogP contribution in [0.5, 0.6) is 0 Å². The van der Waals surface area contributed by atoms with Gasteiger partial charge in [0.25, 0.3) is 0 Å². The molecule has 0 fully saturated rings. The lowest BCUT2D eigenvalue weighted by molar-refractivity contribution is -0.127. The average Bonchev–Trinajstić information content (AvgIpc) is 2.65. The van der Waals surface area contributed by atoms with Crippen molar-refractivity contribution in [3.05, 3.63) is 63.9 Å². The number of halogens is 3. The molecule has 0 aliphatic rings. The van der Waals surface area contributed by atoms with Gasteiger partial charge in [-0.2, -0.15) is 0 Å². The Morgan fingerprint density at radius 1 is 0.926 bits per heavy atom. The van der Waals surface area contributed by atoms with Crippen molar-refractivity contribution in [3.63, 3.8) is 0 Å². The fourth-order valence-corrected chi connectivity index (χ4v) is 3.27. The van der Waals surface area contributed by atoms with E-state index in [4.69, 9.17) is 23.2 Å². The normalized spacial score (nSPS) is 10.3. The Balaban J connectivity index is 1.70. The van der Waals surface area contributed by atoms with Crippen LogP contribution < -0.4 is 10.9 Å². The van der Waals surface area contributed by atoms with E-state index < -0.39 is 17.6 Å². The van der Waals surface area contributed by atoms with E-state index in [-0.39, 0.29) is 24.4 Å². The smallest absolute Gasteiger partial charge is 0.248 e. The van der Waals surface area contributed by atoms with Gasteiger partial charge in [-0.05, 0) is 42.5 Å². The number of thioether (sulfide) groups is 1. The number of benzene rings is 2. The number of hydrazine groups is 1. The van der Waals surface area contributed by atoms with Crippen molar-refractivity contribution in [1.29, 1.82) is 0 Å². The zero-order valence-electron chi connectivity index (χ0n) is 13.9. The highest BCUT2D eigenvalue weighted by Gasteiger charge is 2.11. The Hall–Kier alpha value is -2.09. The van der Waals surface area contributed by atoms with E-state index in [1.165, 1.54) is 36.0 Å². The monoisotopic (exact) mass is 428 g/mol. The van der Waals surface area contributed by atoms with E-state index in [2.05, 4.69) is 10.9 Å². The first-order valence-corrected chi connectivity index (χ1v) is 9.53. The van der Waals surface area contributed by atoms with Crippen LogP contribution in [0.25, 0.3) is 0 Å². The molecule has 0 aliphatic heterocycles. The maximum atomic E-state index is 12.8. The van der Waals surface area contributed by atoms with Gasteiger partial charge in [-0.25, -0.2) is 4.39 Å². The molecule has 0 saturated carbocycles. The third-order valence-electron chi connectivity index (χ3n) is 3.34. The summed E-state index contributed by atoms with van der Waals surface area (Å²) in [4.78, 5) is 36.1. The molecule has 0 atom stereocenters. The van der Waals surface area contributed by atoms with Crippen molar-refractivity contribution >= 4 is 52.6 Å². The lowest BCUT2D eigenvalue weighted by Gasteiger charge is -2.08. The first-order chi connectivity index (χ1) is 12.8. The Kier molecular flexibility index (Phi) is 8.09. The second kappa shape index (κ2) is 10.3. The number of rotatable bonds is 7. The first kappa shape index (κ1) is 21.2. The predicted molar refractivity (Wildman–Crippen MR) is 103 cm³/mol. The Labute approximate surface area is 169 Å². The zero-order chi connectivity index (χ0) is 19.8. The molecule has 0 radical (unpaired) electrons. The van der Waals surface area contributed by atoms with Gasteiger partial charge in [0.05, 0.1) is 10.8 Å². The molecule has 2 rings (SSSR count). The maximum Gasteiger partial charge on any atom is 0.248 e. The van der Waals surface area contributed by atoms with E-state index in [1.54, 1.807) is 18.2 Å². The highest BCUT2D eigenvalue weighted by Crippen LogP contribution is 2.29. The number of nitrogens with one attached hydrogen (secondary N) is 2. The van der Waals surface area contributed by atoms with Gasteiger partial charge in [-0.3, -0.25) is 25.2 Å². The summed E-state index contributed by atoms with van der Waals surface area (Å²) in [6.07, 6.45) is -0.163. The van der Waals surface area contributed by atoms with Gasteiger partial charge in [0.1, 0.15) is 5.82 Å². The van der Waals surface area contributed by atoms with Crippen molar-refractivity contribution < 1.29 is 18.8 Å². The summed E-state index contributed by atoms with van der Waals surface area (Å²) in [6.45, 7) is 0. The summed E-state index contributed by atoms with van der Waals surface area (Å²) in [5, 5.41) is 0.974. The van der Waals surface area contributed by atoms with E-state index in [0.717, 1.165) is 0 Å². The third-order valence-corrected chi connectivity index (χ3v) is 5.07. The first-order valence-electron chi connectivity index (χ1n) is 7.79. The highest BCUT2D eigenvalue weighted by molar-refractivity contribution is 8.00. The quantitative estimate of drug-likeness (QED) is 0.396. The molecule has 0 heterocycles. The Morgan fingerprint density at radius 3 is 2.30 bits per heavy atom. The molecule has 0 spiro atoms. The van der Waals surface area contributed by atoms with Crippen LogP contribution >= 0.6 is 35.0 Å². The molecular weight excluding hydrogens is 414 g/mol. The molecule has 0 bridgehead atoms. The molecule has 9 heteroatoms. The maximum absolute atomic E-state index is 12.8. The van der Waals surface area contributed by atoms with Crippen LogP contribution in [0.2, 0.25) is 10.0 Å². The molecule has 2 N–H and O–H groups in total. The van der Waals surface area contributed by atoms with Crippen LogP contribution in [-0.2, 0) is 9.59 Å². The van der Waals surface area contributed by atoms with Gasteiger partial charge >= 0.3 is 0 Å². The van der Waals surface area contributed by atoms with E-state index >= 15 is 0 Å². The van der Waals surface area contributed by atoms with Crippen LogP contribution in [0.15, 0.2) is 47.4 Å². The average molecular weight is 429 g/mol. The van der Waals surface area contributed by atoms with Gasteiger partial charge in [0, 0.05) is 28.3 Å². The summed E-state index contributed by atoms with van der Waals surface area (Å²) in [5.41, 5.74) is 4.82. The van der Waals surface area contributed by atoms with Crippen LogP contribution in [0.1, 0.15) is 23.2 Å². The summed E-state index contributed by atoms with van der Waals surface area (Å²) >= 11 is 13.0. The number of amides is 2. The van der Waals surface area contributed by atoms with Gasteiger partial charge in [-0.15, -0.1) is 11.8 Å². The summed E-state index contributed by atoms with van der Waals surface area (Å²) in [6, 6.07) is 9.98. The molecule has 0 saturated heterocycles. The minimum Gasteiger partial charge on any atom is -0.294 e. The van der Waals surface area contributed by atoms with E-state index in [9.17, 15) is 18.8 Å². The molecule has 27 heavy (non-hydrogen) atoms. The number of hydrogen-bond donors (Lipinski definition) is 2. The van der Waals surface area contributed by atoms with Crippen molar-refractivity contribution in [1.82, 2.24) is 10.9 Å².